The Morgan fingerprint density at radius 1 is 1.32 bits per heavy atom. The zero-order chi connectivity index (χ0) is 13.1. The maximum Gasteiger partial charge on any atom is 0.0933 e. The first-order valence-corrected chi connectivity index (χ1v) is 7.08. The number of nitrogens with zero attached hydrogens (tertiary/aromatic N) is 1. The molecule has 1 aliphatic heterocycles. The minimum absolute atomic E-state index is 0.397. The molecule has 1 N–H and O–H groups in total. The lowest BCUT2D eigenvalue weighted by atomic mass is 10.0. The molecule has 3 heteroatoms. The number of para-hydroxylation sites is 1. The van der Waals surface area contributed by atoms with Crippen molar-refractivity contribution in [1.82, 2.24) is 4.98 Å². The van der Waals surface area contributed by atoms with E-state index in [1.807, 2.05) is 12.3 Å². The normalized spacial score (nSPS) is 23.4. The highest BCUT2D eigenvalue weighted by Gasteiger charge is 2.21. The Labute approximate surface area is 114 Å². The molecule has 2 aromatic rings. The fraction of sp³-hybridized carbons (Fsp3) is 0.438. The smallest absolute Gasteiger partial charge is 0.0933 e. The Balaban J connectivity index is 1.81. The van der Waals surface area contributed by atoms with Crippen LogP contribution >= 0.6 is 0 Å². The second kappa shape index (κ2) is 5.57. The Morgan fingerprint density at radius 2 is 2.21 bits per heavy atom. The molecule has 1 fully saturated rings. The highest BCUT2D eigenvalue weighted by Crippen LogP contribution is 2.25. The molecule has 0 radical (unpaired) electrons. The van der Waals surface area contributed by atoms with Crippen LogP contribution in [-0.4, -0.2) is 23.7 Å². The van der Waals surface area contributed by atoms with Gasteiger partial charge in [0.25, 0.3) is 0 Å². The van der Waals surface area contributed by atoms with Gasteiger partial charge in [-0.15, -0.1) is 0 Å². The minimum Gasteiger partial charge on any atom is -0.380 e. The summed E-state index contributed by atoms with van der Waals surface area (Å²) in [6.07, 6.45) is 5.49. The summed E-state index contributed by atoms with van der Waals surface area (Å²) >= 11 is 0. The molecule has 100 valence electrons. The van der Waals surface area contributed by atoms with Crippen LogP contribution < -0.4 is 5.32 Å². The molecule has 19 heavy (non-hydrogen) atoms. The Morgan fingerprint density at radius 3 is 3.11 bits per heavy atom. The van der Waals surface area contributed by atoms with Gasteiger partial charge in [0.1, 0.15) is 0 Å². The van der Waals surface area contributed by atoms with E-state index in [-0.39, 0.29) is 0 Å². The number of hydrogen-bond donors (Lipinski definition) is 1. The van der Waals surface area contributed by atoms with Gasteiger partial charge in [-0.25, -0.2) is 0 Å². The minimum atomic E-state index is 0.397. The first kappa shape index (κ1) is 12.4. The van der Waals surface area contributed by atoms with Gasteiger partial charge in [-0.3, -0.25) is 4.98 Å². The third kappa shape index (κ3) is 2.71. The molecular formula is C16H20N2O. The van der Waals surface area contributed by atoms with Gasteiger partial charge >= 0.3 is 0 Å². The molecule has 0 amide bonds. The van der Waals surface area contributed by atoms with Gasteiger partial charge in [0.2, 0.25) is 0 Å². The summed E-state index contributed by atoms with van der Waals surface area (Å²) < 4.78 is 5.73. The number of aromatic nitrogens is 1. The third-order valence-electron chi connectivity index (χ3n) is 3.81. The largest absolute Gasteiger partial charge is 0.380 e. The van der Waals surface area contributed by atoms with Crippen LogP contribution in [0.2, 0.25) is 0 Å². The van der Waals surface area contributed by atoms with Crippen LogP contribution in [0.3, 0.4) is 0 Å². The van der Waals surface area contributed by atoms with Crippen LogP contribution in [-0.2, 0) is 4.74 Å². The summed E-state index contributed by atoms with van der Waals surface area (Å²) in [5, 5.41) is 4.83. The topological polar surface area (TPSA) is 34.2 Å². The molecule has 0 spiro atoms. The predicted molar refractivity (Wildman–Crippen MR) is 78.4 cm³/mol. The highest BCUT2D eigenvalue weighted by molar-refractivity contribution is 5.90. The number of rotatable bonds is 3. The number of benzene rings is 1. The van der Waals surface area contributed by atoms with E-state index in [0.29, 0.717) is 12.1 Å². The van der Waals surface area contributed by atoms with Gasteiger partial charge in [0.05, 0.1) is 17.3 Å². The predicted octanol–water partition coefficient (Wildman–Crippen LogP) is 3.60. The molecule has 0 saturated carbocycles. The maximum absolute atomic E-state index is 5.73. The molecule has 0 bridgehead atoms. The summed E-state index contributed by atoms with van der Waals surface area (Å²) in [4.78, 5) is 4.49. The molecule has 3 nitrogen and oxygen atoms in total. The van der Waals surface area contributed by atoms with E-state index >= 15 is 0 Å². The van der Waals surface area contributed by atoms with Crippen molar-refractivity contribution in [3.63, 3.8) is 0 Å². The average Bonchev–Trinajstić information content (AvgIpc) is 2.48. The quantitative estimate of drug-likeness (QED) is 0.911. The summed E-state index contributed by atoms with van der Waals surface area (Å²) in [5.41, 5.74) is 2.20. The van der Waals surface area contributed by atoms with Crippen molar-refractivity contribution in [3.8, 4) is 0 Å². The Hall–Kier alpha value is -1.61. The average molecular weight is 256 g/mol. The van der Waals surface area contributed by atoms with Crippen LogP contribution in [0, 0.1) is 0 Å². The van der Waals surface area contributed by atoms with Gasteiger partial charge in [-0.1, -0.05) is 25.1 Å². The molecule has 2 heterocycles. The van der Waals surface area contributed by atoms with E-state index in [1.54, 1.807) is 0 Å². The fourth-order valence-electron chi connectivity index (χ4n) is 2.74. The van der Waals surface area contributed by atoms with Crippen molar-refractivity contribution in [2.45, 2.75) is 38.3 Å². The molecule has 3 rings (SSSR count). The third-order valence-corrected chi connectivity index (χ3v) is 3.81. The zero-order valence-corrected chi connectivity index (χ0v) is 11.3. The second-order valence-corrected chi connectivity index (χ2v) is 5.15. The van der Waals surface area contributed by atoms with E-state index in [4.69, 9.17) is 4.74 Å². The van der Waals surface area contributed by atoms with Gasteiger partial charge in [0.15, 0.2) is 0 Å². The van der Waals surface area contributed by atoms with E-state index in [9.17, 15) is 0 Å². The van der Waals surface area contributed by atoms with Crippen molar-refractivity contribution in [2.24, 2.45) is 0 Å². The number of ether oxygens (including phenoxy) is 1. The Bertz CT molecular complexity index is 550. The number of hydrogen-bond acceptors (Lipinski definition) is 3. The highest BCUT2D eigenvalue weighted by atomic mass is 16.5. The zero-order valence-electron chi connectivity index (χ0n) is 11.3. The van der Waals surface area contributed by atoms with Crippen molar-refractivity contribution in [1.29, 1.82) is 0 Å². The van der Waals surface area contributed by atoms with E-state index in [0.717, 1.165) is 37.1 Å². The first-order chi connectivity index (χ1) is 9.36. The monoisotopic (exact) mass is 256 g/mol. The summed E-state index contributed by atoms with van der Waals surface area (Å²) in [6, 6.07) is 10.9. The van der Waals surface area contributed by atoms with E-state index in [1.165, 1.54) is 5.39 Å². The van der Waals surface area contributed by atoms with E-state index < -0.39 is 0 Å². The molecule has 1 aliphatic rings. The Kier molecular flexibility index (Phi) is 3.65. The lowest BCUT2D eigenvalue weighted by molar-refractivity contribution is 0.00927. The summed E-state index contributed by atoms with van der Waals surface area (Å²) in [7, 11) is 0. The molecule has 1 aromatic carbocycles. The molecule has 0 aliphatic carbocycles. The summed E-state index contributed by atoms with van der Waals surface area (Å²) in [6.45, 7) is 3.04. The second-order valence-electron chi connectivity index (χ2n) is 5.15. The number of nitrogens with one attached hydrogen (secondary N) is 1. The maximum atomic E-state index is 5.73. The first-order valence-electron chi connectivity index (χ1n) is 7.08. The van der Waals surface area contributed by atoms with Crippen molar-refractivity contribution in [2.75, 3.05) is 11.9 Å². The van der Waals surface area contributed by atoms with Crippen LogP contribution in [0.4, 0.5) is 5.69 Å². The lowest BCUT2D eigenvalue weighted by Gasteiger charge is -2.30. The number of pyridine rings is 1. The van der Waals surface area contributed by atoms with Crippen LogP contribution in [0.5, 0.6) is 0 Å². The van der Waals surface area contributed by atoms with Crippen LogP contribution in [0.1, 0.15) is 26.2 Å². The van der Waals surface area contributed by atoms with Crippen LogP contribution in [0.15, 0.2) is 36.5 Å². The van der Waals surface area contributed by atoms with Crippen molar-refractivity contribution in [3.05, 3.63) is 36.5 Å². The van der Waals surface area contributed by atoms with Crippen molar-refractivity contribution >= 4 is 16.6 Å². The number of anilines is 1. The summed E-state index contributed by atoms with van der Waals surface area (Å²) in [5.74, 6) is 0. The van der Waals surface area contributed by atoms with Gasteiger partial charge < -0.3 is 10.1 Å². The van der Waals surface area contributed by atoms with Gasteiger partial charge in [-0.2, -0.15) is 0 Å². The lowest BCUT2D eigenvalue weighted by Crippen LogP contribution is -2.33. The van der Waals surface area contributed by atoms with Crippen molar-refractivity contribution < 1.29 is 4.74 Å². The van der Waals surface area contributed by atoms with E-state index in [2.05, 4.69) is 41.5 Å². The van der Waals surface area contributed by atoms with Crippen LogP contribution in [0.25, 0.3) is 10.9 Å². The number of fused-ring (bicyclic) bond motifs is 1. The molecule has 1 saturated heterocycles. The molecular weight excluding hydrogens is 236 g/mol. The van der Waals surface area contributed by atoms with Gasteiger partial charge in [-0.05, 0) is 31.4 Å². The molecule has 1 aromatic heterocycles. The standard InChI is InChI=1S/C16H20N2O/c1-2-14-11-13(8-10-19-14)18-15-7-3-5-12-6-4-9-17-16(12)15/h3-7,9,13-14,18H,2,8,10-11H2,1H3. The fourth-order valence-corrected chi connectivity index (χ4v) is 2.74. The van der Waals surface area contributed by atoms with Gasteiger partial charge in [0, 0.05) is 24.2 Å². The molecule has 2 unspecified atom stereocenters. The SMILES string of the molecule is CCC1CC(Nc2cccc3cccnc23)CCO1. The molecule has 2 atom stereocenters.